The van der Waals surface area contributed by atoms with Gasteiger partial charge in [-0.05, 0) is 37.3 Å². The highest BCUT2D eigenvalue weighted by atomic mass is 16.5. The topological polar surface area (TPSA) is 32.7 Å². The maximum atomic E-state index is 10.6. The summed E-state index contributed by atoms with van der Waals surface area (Å²) in [4.78, 5) is 2.39. The SMILES string of the molecule is CCc1ccc(C(O)C(C)N(CCOC)C2CC2)cc1. The van der Waals surface area contributed by atoms with E-state index >= 15 is 0 Å². The van der Waals surface area contributed by atoms with Crippen LogP contribution in [0, 0.1) is 0 Å². The Morgan fingerprint density at radius 2 is 1.95 bits per heavy atom. The van der Waals surface area contributed by atoms with Gasteiger partial charge in [0.15, 0.2) is 0 Å². The van der Waals surface area contributed by atoms with Crippen LogP contribution < -0.4 is 0 Å². The van der Waals surface area contributed by atoms with Gasteiger partial charge < -0.3 is 9.84 Å². The van der Waals surface area contributed by atoms with Crippen molar-refractivity contribution < 1.29 is 9.84 Å². The first-order valence-electron chi connectivity index (χ1n) is 7.69. The third-order valence-corrected chi connectivity index (χ3v) is 4.28. The monoisotopic (exact) mass is 277 g/mol. The number of aryl methyl sites for hydroxylation is 1. The lowest BCUT2D eigenvalue weighted by Crippen LogP contribution is -2.41. The van der Waals surface area contributed by atoms with Crippen molar-refractivity contribution in [2.45, 2.75) is 51.3 Å². The predicted molar refractivity (Wildman–Crippen MR) is 81.8 cm³/mol. The highest BCUT2D eigenvalue weighted by Crippen LogP contribution is 2.32. The van der Waals surface area contributed by atoms with Crippen molar-refractivity contribution in [1.82, 2.24) is 4.90 Å². The average molecular weight is 277 g/mol. The number of methoxy groups -OCH3 is 1. The second kappa shape index (κ2) is 7.21. The first-order valence-corrected chi connectivity index (χ1v) is 7.69. The molecule has 0 aromatic heterocycles. The van der Waals surface area contributed by atoms with Gasteiger partial charge in [0.2, 0.25) is 0 Å². The third kappa shape index (κ3) is 3.81. The minimum Gasteiger partial charge on any atom is -0.387 e. The maximum Gasteiger partial charge on any atom is 0.0942 e. The lowest BCUT2D eigenvalue weighted by Gasteiger charge is -2.32. The molecule has 1 aromatic carbocycles. The molecule has 0 saturated heterocycles. The molecule has 3 heteroatoms. The Morgan fingerprint density at radius 3 is 2.45 bits per heavy atom. The number of aliphatic hydroxyl groups is 1. The van der Waals surface area contributed by atoms with Crippen LogP contribution in [0.1, 0.15) is 43.9 Å². The third-order valence-electron chi connectivity index (χ3n) is 4.28. The van der Waals surface area contributed by atoms with E-state index in [0.717, 1.165) is 25.1 Å². The Bertz CT molecular complexity index is 400. The zero-order valence-electron chi connectivity index (χ0n) is 12.9. The van der Waals surface area contributed by atoms with E-state index in [0.29, 0.717) is 6.04 Å². The van der Waals surface area contributed by atoms with Crippen molar-refractivity contribution in [3.8, 4) is 0 Å². The van der Waals surface area contributed by atoms with Gasteiger partial charge in [0, 0.05) is 25.7 Å². The van der Waals surface area contributed by atoms with Gasteiger partial charge in [0.1, 0.15) is 0 Å². The molecule has 0 amide bonds. The number of hydrogen-bond acceptors (Lipinski definition) is 3. The summed E-state index contributed by atoms with van der Waals surface area (Å²) in [6, 6.07) is 9.10. The van der Waals surface area contributed by atoms with Gasteiger partial charge in [-0.3, -0.25) is 4.90 Å². The molecule has 2 atom stereocenters. The van der Waals surface area contributed by atoms with Gasteiger partial charge in [0.05, 0.1) is 12.7 Å². The molecule has 2 unspecified atom stereocenters. The lowest BCUT2D eigenvalue weighted by atomic mass is 10.00. The summed E-state index contributed by atoms with van der Waals surface area (Å²) < 4.78 is 5.19. The van der Waals surface area contributed by atoms with Gasteiger partial charge in [-0.2, -0.15) is 0 Å². The molecule has 1 saturated carbocycles. The molecule has 0 bridgehead atoms. The summed E-state index contributed by atoms with van der Waals surface area (Å²) in [5.74, 6) is 0. The number of hydrogen-bond donors (Lipinski definition) is 1. The smallest absolute Gasteiger partial charge is 0.0942 e. The molecule has 1 aliphatic carbocycles. The minimum absolute atomic E-state index is 0.130. The standard InChI is InChI=1S/C17H27NO2/c1-4-14-5-7-15(8-6-14)17(19)13(2)18(11-12-20-3)16-9-10-16/h5-8,13,16-17,19H,4,9-12H2,1-3H3. The fourth-order valence-electron chi connectivity index (χ4n) is 2.73. The largest absolute Gasteiger partial charge is 0.387 e. The summed E-state index contributed by atoms with van der Waals surface area (Å²) in [6.07, 6.45) is 3.09. The Morgan fingerprint density at radius 1 is 1.30 bits per heavy atom. The maximum absolute atomic E-state index is 10.6. The highest BCUT2D eigenvalue weighted by Gasteiger charge is 2.34. The molecule has 20 heavy (non-hydrogen) atoms. The van der Waals surface area contributed by atoms with E-state index in [1.54, 1.807) is 7.11 Å². The van der Waals surface area contributed by atoms with Gasteiger partial charge in [-0.25, -0.2) is 0 Å². The van der Waals surface area contributed by atoms with Crippen molar-refractivity contribution >= 4 is 0 Å². The fraction of sp³-hybridized carbons (Fsp3) is 0.647. The summed E-state index contributed by atoms with van der Waals surface area (Å²) in [7, 11) is 1.73. The summed E-state index contributed by atoms with van der Waals surface area (Å²) in [5, 5.41) is 10.6. The molecule has 1 aliphatic rings. The molecule has 0 spiro atoms. The van der Waals surface area contributed by atoms with Crippen molar-refractivity contribution in [2.75, 3.05) is 20.3 Å². The summed E-state index contributed by atoms with van der Waals surface area (Å²) in [6.45, 7) is 5.88. The molecule has 1 aromatic rings. The van der Waals surface area contributed by atoms with E-state index in [-0.39, 0.29) is 6.04 Å². The molecule has 1 fully saturated rings. The average Bonchev–Trinajstić information content (AvgIpc) is 3.31. The van der Waals surface area contributed by atoms with E-state index < -0.39 is 6.10 Å². The van der Waals surface area contributed by atoms with Gasteiger partial charge in [0.25, 0.3) is 0 Å². The number of ether oxygens (including phenoxy) is 1. The predicted octanol–water partition coefficient (Wildman–Crippen LogP) is 2.78. The second-order valence-corrected chi connectivity index (χ2v) is 5.74. The molecular formula is C17H27NO2. The van der Waals surface area contributed by atoms with Crippen molar-refractivity contribution in [3.05, 3.63) is 35.4 Å². The zero-order chi connectivity index (χ0) is 14.5. The van der Waals surface area contributed by atoms with Crippen molar-refractivity contribution in [3.63, 3.8) is 0 Å². The summed E-state index contributed by atoms with van der Waals surface area (Å²) >= 11 is 0. The molecule has 0 heterocycles. The second-order valence-electron chi connectivity index (χ2n) is 5.74. The molecular weight excluding hydrogens is 250 g/mol. The van der Waals surface area contributed by atoms with E-state index in [9.17, 15) is 5.11 Å². The molecule has 0 radical (unpaired) electrons. The van der Waals surface area contributed by atoms with Crippen LogP contribution in [0.2, 0.25) is 0 Å². The van der Waals surface area contributed by atoms with Crippen molar-refractivity contribution in [1.29, 1.82) is 0 Å². The molecule has 3 nitrogen and oxygen atoms in total. The molecule has 0 aliphatic heterocycles. The lowest BCUT2D eigenvalue weighted by molar-refractivity contribution is 0.0368. The van der Waals surface area contributed by atoms with E-state index in [1.165, 1.54) is 18.4 Å². The minimum atomic E-state index is -0.432. The van der Waals surface area contributed by atoms with Crippen LogP contribution in [0.4, 0.5) is 0 Å². The zero-order valence-corrected chi connectivity index (χ0v) is 12.9. The van der Waals surface area contributed by atoms with E-state index in [2.05, 4.69) is 43.0 Å². The van der Waals surface area contributed by atoms with Crippen LogP contribution in [0.15, 0.2) is 24.3 Å². The van der Waals surface area contributed by atoms with Crippen LogP contribution in [0.25, 0.3) is 0 Å². The Kier molecular flexibility index (Phi) is 5.58. The highest BCUT2D eigenvalue weighted by molar-refractivity contribution is 5.25. The van der Waals surface area contributed by atoms with E-state index in [4.69, 9.17) is 4.74 Å². The Hall–Kier alpha value is -0.900. The Labute approximate surface area is 122 Å². The van der Waals surface area contributed by atoms with Crippen LogP contribution in [0.5, 0.6) is 0 Å². The first-order chi connectivity index (χ1) is 9.67. The van der Waals surface area contributed by atoms with Crippen LogP contribution in [0.3, 0.4) is 0 Å². The number of rotatable bonds is 8. The number of aliphatic hydroxyl groups excluding tert-OH is 1. The number of benzene rings is 1. The Balaban J connectivity index is 2.02. The van der Waals surface area contributed by atoms with Gasteiger partial charge in [-0.15, -0.1) is 0 Å². The number of nitrogens with zero attached hydrogens (tertiary/aromatic N) is 1. The molecule has 112 valence electrons. The van der Waals surface area contributed by atoms with Crippen LogP contribution >= 0.6 is 0 Å². The van der Waals surface area contributed by atoms with Crippen LogP contribution in [-0.4, -0.2) is 42.4 Å². The fourth-order valence-corrected chi connectivity index (χ4v) is 2.73. The summed E-state index contributed by atoms with van der Waals surface area (Å²) in [5.41, 5.74) is 2.32. The van der Waals surface area contributed by atoms with Crippen molar-refractivity contribution in [2.24, 2.45) is 0 Å². The van der Waals surface area contributed by atoms with Gasteiger partial charge in [-0.1, -0.05) is 31.2 Å². The quantitative estimate of drug-likeness (QED) is 0.793. The molecule has 1 N–H and O–H groups in total. The molecule has 2 rings (SSSR count). The first kappa shape index (κ1) is 15.5. The van der Waals surface area contributed by atoms with Crippen LogP contribution in [-0.2, 0) is 11.2 Å². The normalized spacial score (nSPS) is 18.2. The van der Waals surface area contributed by atoms with Gasteiger partial charge >= 0.3 is 0 Å². The van der Waals surface area contributed by atoms with E-state index in [1.807, 2.05) is 0 Å².